The van der Waals surface area contributed by atoms with Gasteiger partial charge in [0.2, 0.25) is 5.70 Å². The van der Waals surface area contributed by atoms with Crippen molar-refractivity contribution >= 4 is 6.08 Å². The van der Waals surface area contributed by atoms with Crippen LogP contribution in [0.2, 0.25) is 0 Å². The van der Waals surface area contributed by atoms with E-state index in [-0.39, 0.29) is 17.2 Å². The molecule has 0 saturated carbocycles. The molecule has 0 radical (unpaired) electrons. The smallest absolute Gasteiger partial charge is 0.243 e. The molecule has 0 aromatic heterocycles. The zero-order valence-corrected chi connectivity index (χ0v) is 20.8. The number of aliphatic hydroxyl groups excluding tert-OH is 1. The fourth-order valence-corrected chi connectivity index (χ4v) is 4.21. The molecule has 0 aliphatic carbocycles. The largest absolute Gasteiger partial charge is 0.496 e. The Kier molecular flexibility index (Phi) is 13.9. The summed E-state index contributed by atoms with van der Waals surface area (Å²) < 4.78 is 6.15. The Bertz CT molecular complexity index is 705. The highest BCUT2D eigenvalue weighted by Gasteiger charge is 2.22. The molecule has 0 bridgehead atoms. The zero-order chi connectivity index (χ0) is 23.8. The quantitative estimate of drug-likeness (QED) is 0.125. The first-order chi connectivity index (χ1) is 15.3. The first-order valence-electron chi connectivity index (χ1n) is 12.3. The molecule has 1 atom stereocenters. The van der Waals surface area contributed by atoms with Crippen molar-refractivity contribution in [2.45, 2.75) is 84.6 Å². The lowest BCUT2D eigenvalue weighted by atomic mass is 10.1. The Hall–Kier alpha value is -1.92. The van der Waals surface area contributed by atoms with E-state index in [1.165, 1.54) is 64.7 Å². The predicted octanol–water partition coefficient (Wildman–Crippen LogP) is 6.19. The molecule has 1 rings (SSSR count). The fraction of sp³-hybridized carbons (Fsp3) is 0.692. The highest BCUT2D eigenvalue weighted by molar-refractivity contribution is 5.59. The average Bonchev–Trinajstić information content (AvgIpc) is 2.75. The number of unbranched alkanes of at least 4 members (excludes halogenated alkanes) is 9. The second-order valence-electron chi connectivity index (χ2n) is 9.25. The van der Waals surface area contributed by atoms with Crippen LogP contribution in [0.1, 0.15) is 89.2 Å². The normalized spacial score (nSPS) is 13.7. The van der Waals surface area contributed by atoms with Gasteiger partial charge in [-0.2, -0.15) is 0 Å². The molecule has 0 saturated heterocycles. The molecular weight excluding hydrogens is 404 g/mol. The Balaban J connectivity index is 2.61. The van der Waals surface area contributed by atoms with Crippen LogP contribution in [0.5, 0.6) is 5.75 Å². The molecule has 1 aromatic rings. The lowest BCUT2D eigenvalue weighted by Crippen LogP contribution is -2.46. The Morgan fingerprint density at radius 3 is 2.19 bits per heavy atom. The van der Waals surface area contributed by atoms with Crippen molar-refractivity contribution in [2.24, 2.45) is 0 Å². The van der Waals surface area contributed by atoms with E-state index in [9.17, 15) is 15.2 Å². The topological polar surface area (TPSA) is 72.6 Å². The van der Waals surface area contributed by atoms with Crippen molar-refractivity contribution < 1.29 is 19.2 Å². The second-order valence-corrected chi connectivity index (χ2v) is 9.25. The third-order valence-electron chi connectivity index (χ3n) is 6.20. The van der Waals surface area contributed by atoms with E-state index in [1.54, 1.807) is 13.2 Å². The van der Waals surface area contributed by atoms with Gasteiger partial charge in [0, 0.05) is 24.1 Å². The molecule has 0 aliphatic rings. The van der Waals surface area contributed by atoms with Crippen molar-refractivity contribution in [1.29, 1.82) is 0 Å². The summed E-state index contributed by atoms with van der Waals surface area (Å²) >= 11 is 0. The number of aliphatic hydroxyl groups is 1. The van der Waals surface area contributed by atoms with Gasteiger partial charge in [0.15, 0.2) is 0 Å². The molecule has 1 N–H and O–H groups in total. The summed E-state index contributed by atoms with van der Waals surface area (Å²) in [5.41, 5.74) is 1.89. The van der Waals surface area contributed by atoms with Crippen LogP contribution in [0, 0.1) is 10.1 Å². The summed E-state index contributed by atoms with van der Waals surface area (Å²) in [6.07, 6.45) is 14.7. The van der Waals surface area contributed by atoms with Crippen LogP contribution in [0.15, 0.2) is 23.9 Å². The number of rotatable bonds is 18. The number of methoxy groups -OCH3 is 1. The van der Waals surface area contributed by atoms with Crippen LogP contribution >= 0.6 is 0 Å². The number of quaternary nitrogens is 1. The molecule has 1 aromatic carbocycles. The summed E-state index contributed by atoms with van der Waals surface area (Å²) in [6, 6.07) is 5.86. The van der Waals surface area contributed by atoms with Crippen molar-refractivity contribution in [3.8, 4) is 5.75 Å². The molecule has 1 unspecified atom stereocenters. The number of hydrogen-bond acceptors (Lipinski definition) is 4. The van der Waals surface area contributed by atoms with Crippen molar-refractivity contribution in [3.05, 3.63) is 45.1 Å². The summed E-state index contributed by atoms with van der Waals surface area (Å²) in [7, 11) is 3.76. The van der Waals surface area contributed by atoms with Crippen LogP contribution in [0.3, 0.4) is 0 Å². The van der Waals surface area contributed by atoms with Crippen LogP contribution in [-0.2, 0) is 6.54 Å². The van der Waals surface area contributed by atoms with Crippen molar-refractivity contribution in [1.82, 2.24) is 0 Å². The summed E-state index contributed by atoms with van der Waals surface area (Å²) in [4.78, 5) is 10.7. The minimum Gasteiger partial charge on any atom is -0.496 e. The molecule has 32 heavy (non-hydrogen) atoms. The van der Waals surface area contributed by atoms with Gasteiger partial charge < -0.3 is 14.3 Å². The third kappa shape index (κ3) is 11.1. The Morgan fingerprint density at radius 1 is 1.06 bits per heavy atom. The molecule has 6 nitrogen and oxygen atoms in total. The first-order valence-corrected chi connectivity index (χ1v) is 12.3. The van der Waals surface area contributed by atoms with E-state index in [2.05, 4.69) is 14.0 Å². The van der Waals surface area contributed by atoms with Crippen LogP contribution in [0.4, 0.5) is 0 Å². The Morgan fingerprint density at radius 2 is 1.66 bits per heavy atom. The predicted molar refractivity (Wildman–Crippen MR) is 132 cm³/mol. The lowest BCUT2D eigenvalue weighted by Gasteiger charge is -2.34. The molecule has 0 spiro atoms. The van der Waals surface area contributed by atoms with E-state index in [4.69, 9.17) is 4.74 Å². The zero-order valence-electron chi connectivity index (χ0n) is 20.8. The molecule has 0 heterocycles. The van der Waals surface area contributed by atoms with Gasteiger partial charge in [-0.15, -0.1) is 0 Å². The highest BCUT2D eigenvalue weighted by atomic mass is 16.6. The minimum absolute atomic E-state index is 0.0819. The number of allylic oxidation sites excluding steroid dienone is 1. The number of benzene rings is 1. The van der Waals surface area contributed by atoms with Gasteiger partial charge in [-0.1, -0.05) is 58.3 Å². The van der Waals surface area contributed by atoms with Gasteiger partial charge in [-0.05, 0) is 31.0 Å². The van der Waals surface area contributed by atoms with E-state index in [0.29, 0.717) is 17.9 Å². The van der Waals surface area contributed by atoms with Crippen molar-refractivity contribution in [2.75, 3.05) is 33.9 Å². The van der Waals surface area contributed by atoms with Gasteiger partial charge in [0.05, 0.1) is 32.2 Å². The number of ether oxygens (including phenoxy) is 1. The molecular formula is C26H45N2O4+. The maximum atomic E-state index is 11.0. The van der Waals surface area contributed by atoms with E-state index in [0.717, 1.165) is 29.6 Å². The number of likely N-dealkylation sites (N-methyl/N-ethyl adjacent to an activating group) is 1. The van der Waals surface area contributed by atoms with Gasteiger partial charge in [-0.25, -0.2) is 0 Å². The third-order valence-corrected chi connectivity index (χ3v) is 6.20. The van der Waals surface area contributed by atoms with Gasteiger partial charge in [0.1, 0.15) is 18.8 Å². The lowest BCUT2D eigenvalue weighted by molar-refractivity contribution is -0.923. The maximum Gasteiger partial charge on any atom is 0.243 e. The van der Waals surface area contributed by atoms with Crippen LogP contribution < -0.4 is 4.74 Å². The van der Waals surface area contributed by atoms with Gasteiger partial charge in [0.25, 0.3) is 0 Å². The average molecular weight is 450 g/mol. The second kappa shape index (κ2) is 15.8. The van der Waals surface area contributed by atoms with Gasteiger partial charge >= 0.3 is 0 Å². The standard InChI is InChI=1S/C26H45N2O4/c1-5-6-7-8-9-10-11-12-13-14-17-28(3,18-19-29)22-24-15-16-26(32-4)25(21-24)20-23(2)27(30)31/h15-16,20-21,29H,5-14,17-19,22H2,1-4H3/q+1/b23-20+. The first kappa shape index (κ1) is 28.1. The van der Waals surface area contributed by atoms with Crippen molar-refractivity contribution in [3.63, 3.8) is 0 Å². The molecule has 6 heteroatoms. The van der Waals surface area contributed by atoms with Crippen LogP contribution in [0.25, 0.3) is 6.08 Å². The fourth-order valence-electron chi connectivity index (χ4n) is 4.21. The monoisotopic (exact) mass is 449 g/mol. The number of nitro groups is 1. The molecule has 182 valence electrons. The summed E-state index contributed by atoms with van der Waals surface area (Å²) in [5, 5.41) is 20.7. The summed E-state index contributed by atoms with van der Waals surface area (Å²) in [6.45, 7) is 6.39. The van der Waals surface area contributed by atoms with E-state index < -0.39 is 0 Å². The number of nitrogens with zero attached hydrogens (tertiary/aromatic N) is 2. The minimum atomic E-state index is -0.386. The summed E-state index contributed by atoms with van der Waals surface area (Å²) in [5.74, 6) is 0.626. The molecule has 0 aliphatic heterocycles. The maximum absolute atomic E-state index is 11.0. The molecule has 0 amide bonds. The highest BCUT2D eigenvalue weighted by Crippen LogP contribution is 2.25. The molecule has 0 fully saturated rings. The number of hydrogen-bond donors (Lipinski definition) is 1. The van der Waals surface area contributed by atoms with E-state index in [1.807, 2.05) is 18.2 Å². The SMILES string of the molecule is CCCCCCCCCCCC[N+](C)(CCO)Cc1ccc(OC)c(/C=C(\C)[N+](=O)[O-])c1. The Labute approximate surface area is 195 Å². The van der Waals surface area contributed by atoms with Crippen LogP contribution in [-0.4, -0.2) is 48.4 Å². The van der Waals surface area contributed by atoms with Gasteiger partial charge in [-0.3, -0.25) is 10.1 Å². The van der Waals surface area contributed by atoms with E-state index >= 15 is 0 Å².